The average Bonchev–Trinajstić information content (AvgIpc) is 1.99. The van der Waals surface area contributed by atoms with E-state index in [2.05, 4.69) is 0 Å². The summed E-state index contributed by atoms with van der Waals surface area (Å²) in [6.45, 7) is 0.0114. The van der Waals surface area contributed by atoms with Crippen LogP contribution < -0.4 is 0 Å². The molecule has 1 aliphatic rings. The van der Waals surface area contributed by atoms with Gasteiger partial charge in [-0.1, -0.05) is 0 Å². The van der Waals surface area contributed by atoms with Crippen LogP contribution >= 0.6 is 0 Å². The highest BCUT2D eigenvalue weighted by Gasteiger charge is 2.26. The van der Waals surface area contributed by atoms with Crippen molar-refractivity contribution in [3.63, 3.8) is 0 Å². The highest BCUT2D eigenvalue weighted by atomic mass is 16.2. The Bertz CT molecular complexity index is 196. The Labute approximate surface area is 63.6 Å². The zero-order chi connectivity index (χ0) is 8.43. The SMILES string of the molecule is CN1C(=O)CN(C=O)CC1=O. The molecule has 0 aromatic heterocycles. The lowest BCUT2D eigenvalue weighted by molar-refractivity contribution is -0.152. The minimum Gasteiger partial charge on any atom is -0.327 e. The van der Waals surface area contributed by atoms with Gasteiger partial charge in [-0.2, -0.15) is 0 Å². The first kappa shape index (κ1) is 7.71. The number of hydrogen-bond acceptors (Lipinski definition) is 3. The lowest BCUT2D eigenvalue weighted by Gasteiger charge is -2.27. The van der Waals surface area contributed by atoms with Gasteiger partial charge in [0, 0.05) is 7.05 Å². The van der Waals surface area contributed by atoms with E-state index in [9.17, 15) is 14.4 Å². The number of carbonyl (C=O) groups excluding carboxylic acids is 3. The molecule has 1 fully saturated rings. The van der Waals surface area contributed by atoms with Crippen molar-refractivity contribution in [1.82, 2.24) is 9.80 Å². The second-order valence-corrected chi connectivity index (χ2v) is 2.36. The molecule has 5 heteroatoms. The van der Waals surface area contributed by atoms with Crippen LogP contribution in [0.3, 0.4) is 0 Å². The molecule has 1 aliphatic heterocycles. The van der Waals surface area contributed by atoms with Crippen LogP contribution in [-0.2, 0) is 14.4 Å². The third-order valence-corrected chi connectivity index (χ3v) is 1.57. The van der Waals surface area contributed by atoms with Crippen LogP contribution in [-0.4, -0.2) is 48.2 Å². The molecule has 1 rings (SSSR count). The van der Waals surface area contributed by atoms with Gasteiger partial charge < -0.3 is 4.90 Å². The van der Waals surface area contributed by atoms with Gasteiger partial charge in [-0.3, -0.25) is 19.3 Å². The summed E-state index contributed by atoms with van der Waals surface area (Å²) in [7, 11) is 1.41. The van der Waals surface area contributed by atoms with Crippen molar-refractivity contribution in [3.8, 4) is 0 Å². The van der Waals surface area contributed by atoms with E-state index in [-0.39, 0.29) is 24.9 Å². The zero-order valence-electron chi connectivity index (χ0n) is 6.11. The Morgan fingerprint density at radius 2 is 1.73 bits per heavy atom. The third kappa shape index (κ3) is 1.36. The van der Waals surface area contributed by atoms with Gasteiger partial charge in [0.05, 0.1) is 0 Å². The van der Waals surface area contributed by atoms with E-state index < -0.39 is 0 Å². The Kier molecular flexibility index (Phi) is 1.89. The van der Waals surface area contributed by atoms with Gasteiger partial charge >= 0.3 is 0 Å². The summed E-state index contributed by atoms with van der Waals surface area (Å²) in [5, 5.41) is 0. The van der Waals surface area contributed by atoms with Gasteiger partial charge in [-0.25, -0.2) is 0 Å². The predicted octanol–water partition coefficient (Wildman–Crippen LogP) is -1.56. The summed E-state index contributed by atoms with van der Waals surface area (Å²) in [5.74, 6) is -0.679. The third-order valence-electron chi connectivity index (χ3n) is 1.57. The molecular formula is C6H8N2O3. The summed E-state index contributed by atoms with van der Waals surface area (Å²) in [4.78, 5) is 34.1. The number of piperazine rings is 1. The average molecular weight is 156 g/mol. The van der Waals surface area contributed by atoms with Crippen molar-refractivity contribution in [2.24, 2.45) is 0 Å². The van der Waals surface area contributed by atoms with E-state index in [1.54, 1.807) is 0 Å². The molecule has 0 atom stereocenters. The minimum absolute atomic E-state index is 0.00569. The van der Waals surface area contributed by atoms with Crippen LogP contribution in [0.2, 0.25) is 0 Å². The number of amides is 3. The molecule has 0 spiro atoms. The van der Waals surface area contributed by atoms with Crippen LogP contribution in [0.25, 0.3) is 0 Å². The zero-order valence-corrected chi connectivity index (χ0v) is 6.11. The van der Waals surface area contributed by atoms with Crippen LogP contribution in [0.1, 0.15) is 0 Å². The van der Waals surface area contributed by atoms with Gasteiger partial charge in [-0.05, 0) is 0 Å². The summed E-state index contributed by atoms with van der Waals surface area (Å²) < 4.78 is 0. The number of imide groups is 1. The first-order valence-corrected chi connectivity index (χ1v) is 3.14. The van der Waals surface area contributed by atoms with E-state index in [1.165, 1.54) is 7.05 Å². The normalized spacial score (nSPS) is 19.0. The van der Waals surface area contributed by atoms with Crippen LogP contribution in [0.15, 0.2) is 0 Å². The molecule has 0 aromatic rings. The van der Waals surface area contributed by atoms with Crippen molar-refractivity contribution in [1.29, 1.82) is 0 Å². The Balaban J connectivity index is 2.69. The van der Waals surface area contributed by atoms with E-state index in [1.807, 2.05) is 0 Å². The highest BCUT2D eigenvalue weighted by Crippen LogP contribution is 1.98. The summed E-state index contributed by atoms with van der Waals surface area (Å²) in [5.41, 5.74) is 0. The molecule has 0 N–H and O–H groups in total. The van der Waals surface area contributed by atoms with Crippen LogP contribution in [0.4, 0.5) is 0 Å². The number of nitrogens with zero attached hydrogens (tertiary/aromatic N) is 2. The second-order valence-electron chi connectivity index (χ2n) is 2.36. The molecular weight excluding hydrogens is 148 g/mol. The topological polar surface area (TPSA) is 57.7 Å². The first-order chi connectivity index (χ1) is 5.15. The Hall–Kier alpha value is -1.39. The summed E-state index contributed by atoms with van der Waals surface area (Å²) in [6, 6.07) is 0. The molecule has 5 nitrogen and oxygen atoms in total. The molecule has 1 saturated heterocycles. The number of likely N-dealkylation sites (N-methyl/N-ethyl adjacent to an activating group) is 1. The van der Waals surface area contributed by atoms with Crippen molar-refractivity contribution >= 4 is 18.2 Å². The smallest absolute Gasteiger partial charge is 0.248 e. The molecule has 0 bridgehead atoms. The molecule has 1 heterocycles. The van der Waals surface area contributed by atoms with E-state index in [0.717, 1.165) is 9.80 Å². The van der Waals surface area contributed by atoms with Gasteiger partial charge in [-0.15, -0.1) is 0 Å². The molecule has 3 amide bonds. The van der Waals surface area contributed by atoms with E-state index in [0.29, 0.717) is 6.41 Å². The monoisotopic (exact) mass is 156 g/mol. The molecule has 0 aliphatic carbocycles. The Morgan fingerprint density at radius 3 is 2.09 bits per heavy atom. The number of rotatable bonds is 1. The summed E-state index contributed by atoms with van der Waals surface area (Å²) >= 11 is 0. The molecule has 0 unspecified atom stereocenters. The lowest BCUT2D eigenvalue weighted by Crippen LogP contribution is -2.51. The maximum absolute atomic E-state index is 10.9. The second kappa shape index (κ2) is 2.69. The molecule has 0 radical (unpaired) electrons. The minimum atomic E-state index is -0.339. The predicted molar refractivity (Wildman–Crippen MR) is 35.4 cm³/mol. The maximum Gasteiger partial charge on any atom is 0.248 e. The fourth-order valence-corrected chi connectivity index (χ4v) is 0.829. The fourth-order valence-electron chi connectivity index (χ4n) is 0.829. The van der Waals surface area contributed by atoms with E-state index >= 15 is 0 Å². The van der Waals surface area contributed by atoms with Crippen molar-refractivity contribution in [3.05, 3.63) is 0 Å². The molecule has 11 heavy (non-hydrogen) atoms. The van der Waals surface area contributed by atoms with Crippen LogP contribution in [0, 0.1) is 0 Å². The highest BCUT2D eigenvalue weighted by molar-refractivity contribution is 6.00. The van der Waals surface area contributed by atoms with Crippen LogP contribution in [0.5, 0.6) is 0 Å². The lowest BCUT2D eigenvalue weighted by atomic mass is 10.3. The van der Waals surface area contributed by atoms with Gasteiger partial charge in [0.1, 0.15) is 13.1 Å². The fraction of sp³-hybridized carbons (Fsp3) is 0.500. The summed E-state index contributed by atoms with van der Waals surface area (Å²) in [6.07, 6.45) is 0.503. The van der Waals surface area contributed by atoms with Crippen molar-refractivity contribution < 1.29 is 14.4 Å². The van der Waals surface area contributed by atoms with Gasteiger partial charge in [0.15, 0.2) is 0 Å². The molecule has 0 aromatic carbocycles. The molecule has 60 valence electrons. The van der Waals surface area contributed by atoms with Crippen molar-refractivity contribution in [2.45, 2.75) is 0 Å². The number of carbonyl (C=O) groups is 3. The quantitative estimate of drug-likeness (QED) is 0.341. The molecule has 0 saturated carbocycles. The van der Waals surface area contributed by atoms with Crippen molar-refractivity contribution in [2.75, 3.05) is 20.1 Å². The van der Waals surface area contributed by atoms with E-state index in [4.69, 9.17) is 0 Å². The standard InChI is InChI=1S/C6H8N2O3/c1-7-5(10)2-8(4-9)3-6(7)11/h4H,2-3H2,1H3. The van der Waals surface area contributed by atoms with Gasteiger partial charge in [0.25, 0.3) is 0 Å². The maximum atomic E-state index is 10.9. The van der Waals surface area contributed by atoms with Gasteiger partial charge in [0.2, 0.25) is 18.2 Å². The first-order valence-electron chi connectivity index (χ1n) is 3.14. The largest absolute Gasteiger partial charge is 0.327 e. The number of hydrogen-bond donors (Lipinski definition) is 0. The Morgan fingerprint density at radius 1 is 1.27 bits per heavy atom.